The molecule has 3 aliphatic heterocycles. The number of aliphatic hydroxyl groups is 1. The van der Waals surface area contributed by atoms with Crippen LogP contribution in [0.1, 0.15) is 83.1 Å². The third kappa shape index (κ3) is 6.44. The second-order valence-corrected chi connectivity index (χ2v) is 14.0. The average Bonchev–Trinajstić information content (AvgIpc) is 3.53. The van der Waals surface area contributed by atoms with Gasteiger partial charge in [-0.25, -0.2) is 0 Å². The second kappa shape index (κ2) is 13.2. The number of carbonyl (C=O) groups excluding carboxylic acids is 2. The summed E-state index contributed by atoms with van der Waals surface area (Å²) in [6.07, 6.45) is 16.3. The van der Waals surface area contributed by atoms with Crippen LogP contribution in [0.25, 0.3) is 5.57 Å². The first-order chi connectivity index (χ1) is 20.9. The van der Waals surface area contributed by atoms with Crippen LogP contribution in [0.2, 0.25) is 0 Å². The Bertz CT molecular complexity index is 1190. The van der Waals surface area contributed by atoms with Gasteiger partial charge in [0.25, 0.3) is 5.91 Å². The summed E-state index contributed by atoms with van der Waals surface area (Å²) in [4.78, 5) is 33.7. The van der Waals surface area contributed by atoms with Crippen LogP contribution in [0, 0.1) is 17.3 Å². The molecular weight excluding hydrogens is 538 g/mol. The maximum atomic E-state index is 13.9. The van der Waals surface area contributed by atoms with Crippen LogP contribution in [0.4, 0.5) is 0 Å². The van der Waals surface area contributed by atoms with Gasteiger partial charge < -0.3 is 24.5 Å². The largest absolute Gasteiger partial charge is 0.387 e. The van der Waals surface area contributed by atoms with Crippen molar-refractivity contribution >= 4 is 17.4 Å². The quantitative estimate of drug-likeness (QED) is 0.470. The van der Waals surface area contributed by atoms with E-state index in [2.05, 4.69) is 34.9 Å². The number of rotatable bonds is 7. The molecule has 7 heteroatoms. The van der Waals surface area contributed by atoms with Gasteiger partial charge >= 0.3 is 0 Å². The topological polar surface area (TPSA) is 73.3 Å². The first kappa shape index (κ1) is 30.4. The van der Waals surface area contributed by atoms with E-state index in [0.717, 1.165) is 43.2 Å². The SMILES string of the molecule is C[C@H](CC1CCCCC1)C(=O)N1CC[C@](O)(CN2C=C(C(=O)N3CCOCC3)C(c3ccccc3)=CC2)C2(CCCC2)C1. The number of ether oxygens (including phenoxy) is 1. The summed E-state index contributed by atoms with van der Waals surface area (Å²) >= 11 is 0. The van der Waals surface area contributed by atoms with Crippen LogP contribution in [-0.4, -0.2) is 89.7 Å². The molecule has 0 unspecified atom stereocenters. The molecule has 1 aromatic rings. The third-order valence-electron chi connectivity index (χ3n) is 11.2. The fourth-order valence-corrected chi connectivity index (χ4v) is 8.69. The summed E-state index contributed by atoms with van der Waals surface area (Å²) in [7, 11) is 0. The monoisotopic (exact) mass is 589 g/mol. The zero-order valence-electron chi connectivity index (χ0n) is 26.1. The molecular formula is C36H51N3O4. The molecule has 2 saturated carbocycles. The molecule has 2 atom stereocenters. The molecule has 0 aromatic heterocycles. The van der Waals surface area contributed by atoms with Crippen molar-refractivity contribution in [3.05, 3.63) is 53.7 Å². The Labute approximate surface area is 257 Å². The predicted molar refractivity (Wildman–Crippen MR) is 169 cm³/mol. The van der Waals surface area contributed by atoms with E-state index in [9.17, 15) is 14.7 Å². The maximum Gasteiger partial charge on any atom is 0.256 e. The molecule has 2 saturated heterocycles. The zero-order valence-corrected chi connectivity index (χ0v) is 26.1. The summed E-state index contributed by atoms with van der Waals surface area (Å²) < 4.78 is 5.52. The van der Waals surface area contributed by atoms with Gasteiger partial charge in [0.1, 0.15) is 0 Å². The van der Waals surface area contributed by atoms with E-state index in [1.807, 2.05) is 29.3 Å². The number of piperidine rings is 1. The van der Waals surface area contributed by atoms with Gasteiger partial charge in [-0.2, -0.15) is 0 Å². The normalized spacial score (nSPS) is 27.2. The van der Waals surface area contributed by atoms with E-state index in [4.69, 9.17) is 4.74 Å². The Hall–Kier alpha value is -2.64. The number of amides is 2. The van der Waals surface area contributed by atoms with Gasteiger partial charge in [0.05, 0.1) is 24.4 Å². The lowest BCUT2D eigenvalue weighted by atomic mass is 9.65. The van der Waals surface area contributed by atoms with E-state index in [1.54, 1.807) is 0 Å². The van der Waals surface area contributed by atoms with E-state index < -0.39 is 5.60 Å². The van der Waals surface area contributed by atoms with Crippen molar-refractivity contribution in [2.24, 2.45) is 17.3 Å². The van der Waals surface area contributed by atoms with Gasteiger partial charge in [0.2, 0.25) is 5.91 Å². The van der Waals surface area contributed by atoms with Crippen LogP contribution >= 0.6 is 0 Å². The highest BCUT2D eigenvalue weighted by atomic mass is 16.5. The Morgan fingerprint density at radius 1 is 0.953 bits per heavy atom. The van der Waals surface area contributed by atoms with Gasteiger partial charge in [0.15, 0.2) is 0 Å². The minimum Gasteiger partial charge on any atom is -0.387 e. The zero-order chi connectivity index (χ0) is 29.9. The Balaban J connectivity index is 1.19. The molecule has 2 amide bonds. The summed E-state index contributed by atoms with van der Waals surface area (Å²) in [6.45, 7) is 6.81. The van der Waals surface area contributed by atoms with Crippen molar-refractivity contribution < 1.29 is 19.4 Å². The van der Waals surface area contributed by atoms with Crippen LogP contribution < -0.4 is 0 Å². The summed E-state index contributed by atoms with van der Waals surface area (Å²) in [5.41, 5.74) is 1.48. The van der Waals surface area contributed by atoms with Gasteiger partial charge in [-0.05, 0) is 42.7 Å². The molecule has 2 aliphatic carbocycles. The van der Waals surface area contributed by atoms with Crippen LogP contribution in [0.15, 0.2) is 48.2 Å². The minimum absolute atomic E-state index is 0.0260. The molecule has 1 N–H and O–H groups in total. The lowest BCUT2D eigenvalue weighted by Gasteiger charge is -2.54. The standard InChI is InChI=1S/C36H51N3O4/c1-28(24-29-10-4-2-5-11-29)33(40)39-19-17-36(42,35(26-39)15-8-9-16-35)27-37-18-14-31(30-12-6-3-7-13-30)32(25-37)34(41)38-20-22-43-23-21-38/h3,6-7,12-14,25,28-29,42H,2,4-5,8-11,15-24,26-27H2,1H3/t28-,36+/m1/s1. The molecule has 0 radical (unpaired) electrons. The lowest BCUT2D eigenvalue weighted by molar-refractivity contribution is -0.162. The molecule has 5 aliphatic rings. The molecule has 7 nitrogen and oxygen atoms in total. The predicted octanol–water partition coefficient (Wildman–Crippen LogP) is 5.26. The lowest BCUT2D eigenvalue weighted by Crippen LogP contribution is -2.64. The maximum absolute atomic E-state index is 13.9. The highest BCUT2D eigenvalue weighted by molar-refractivity contribution is 6.09. The highest BCUT2D eigenvalue weighted by Crippen LogP contribution is 2.52. The van der Waals surface area contributed by atoms with Crippen molar-refractivity contribution in [2.45, 2.75) is 83.2 Å². The fraction of sp³-hybridized carbons (Fsp3) is 0.667. The van der Waals surface area contributed by atoms with Crippen LogP contribution in [-0.2, 0) is 14.3 Å². The minimum atomic E-state index is -0.908. The molecule has 6 rings (SSSR count). The average molecular weight is 590 g/mol. The van der Waals surface area contributed by atoms with Gasteiger partial charge in [-0.15, -0.1) is 0 Å². The van der Waals surface area contributed by atoms with Crippen molar-refractivity contribution in [3.8, 4) is 0 Å². The van der Waals surface area contributed by atoms with Crippen molar-refractivity contribution in [3.63, 3.8) is 0 Å². The highest BCUT2D eigenvalue weighted by Gasteiger charge is 2.56. The molecule has 0 bridgehead atoms. The molecule has 1 spiro atoms. The van der Waals surface area contributed by atoms with Crippen molar-refractivity contribution in [2.75, 3.05) is 52.5 Å². The molecule has 4 fully saturated rings. The molecule has 43 heavy (non-hydrogen) atoms. The molecule has 234 valence electrons. The first-order valence-corrected chi connectivity index (χ1v) is 17.0. The number of benzene rings is 1. The number of nitrogens with zero attached hydrogens (tertiary/aromatic N) is 3. The van der Waals surface area contributed by atoms with E-state index >= 15 is 0 Å². The van der Waals surface area contributed by atoms with E-state index in [0.29, 0.717) is 70.4 Å². The van der Waals surface area contributed by atoms with Crippen molar-refractivity contribution in [1.82, 2.24) is 14.7 Å². The fourth-order valence-electron chi connectivity index (χ4n) is 8.69. The summed E-state index contributed by atoms with van der Waals surface area (Å²) in [6, 6.07) is 10.1. The van der Waals surface area contributed by atoms with Gasteiger partial charge in [-0.1, -0.05) is 88.3 Å². The number of hydrogen-bond acceptors (Lipinski definition) is 5. The number of carbonyl (C=O) groups is 2. The summed E-state index contributed by atoms with van der Waals surface area (Å²) in [5, 5.41) is 12.5. The summed E-state index contributed by atoms with van der Waals surface area (Å²) in [5.74, 6) is 1.04. The Morgan fingerprint density at radius 2 is 1.67 bits per heavy atom. The molecule has 3 heterocycles. The first-order valence-electron chi connectivity index (χ1n) is 17.0. The number of β-amino-alcohol motifs (C(OH)–C–C–N with tert-alkyl or cyclic N) is 1. The van der Waals surface area contributed by atoms with E-state index in [1.165, 1.54) is 32.1 Å². The second-order valence-electron chi connectivity index (χ2n) is 14.0. The van der Waals surface area contributed by atoms with Crippen LogP contribution in [0.5, 0.6) is 0 Å². The Morgan fingerprint density at radius 3 is 2.40 bits per heavy atom. The number of likely N-dealkylation sites (tertiary alicyclic amines) is 1. The molecule has 1 aromatic carbocycles. The Kier molecular flexibility index (Phi) is 9.29. The number of hydrogen-bond donors (Lipinski definition) is 1. The third-order valence-corrected chi connectivity index (χ3v) is 11.2. The number of morpholine rings is 1. The van der Waals surface area contributed by atoms with Gasteiger partial charge in [0, 0.05) is 56.8 Å². The van der Waals surface area contributed by atoms with Crippen molar-refractivity contribution in [1.29, 1.82) is 0 Å². The smallest absolute Gasteiger partial charge is 0.256 e. The van der Waals surface area contributed by atoms with Gasteiger partial charge in [-0.3, -0.25) is 9.59 Å². The van der Waals surface area contributed by atoms with Crippen LogP contribution in [0.3, 0.4) is 0 Å². The van der Waals surface area contributed by atoms with E-state index in [-0.39, 0.29) is 23.1 Å².